The van der Waals surface area contributed by atoms with Gasteiger partial charge in [-0.15, -0.1) is 0 Å². The molecule has 2 atom stereocenters. The van der Waals surface area contributed by atoms with E-state index >= 15 is 0 Å². The Labute approximate surface area is 86.6 Å². The summed E-state index contributed by atoms with van der Waals surface area (Å²) in [6, 6.07) is 2.58. The number of rotatable bonds is 5. The molecule has 1 rings (SSSR count). The smallest absolute Gasteiger partial charge is 0.0702 e. The molecule has 1 fully saturated rings. The Kier molecular flexibility index (Phi) is 4.92. The number of hydrogen-bond acceptors (Lipinski definition) is 3. The Hall–Kier alpha value is -0.590. The first kappa shape index (κ1) is 11.5. The minimum absolute atomic E-state index is 0.356. The molecule has 1 aliphatic rings. The molecule has 3 heteroatoms. The molecule has 0 radical (unpaired) electrons. The van der Waals surface area contributed by atoms with Gasteiger partial charge in [0.2, 0.25) is 0 Å². The molecule has 14 heavy (non-hydrogen) atoms. The standard InChI is InChI=1S/C11H20N2O/c1-3-13(10(2)6-7-12)9-11-5-4-8-14-11/h10-11H,3-6,8-9H2,1-2H3. The molecule has 80 valence electrons. The predicted octanol–water partition coefficient (Wildman–Crippen LogP) is 1.79. The van der Waals surface area contributed by atoms with Crippen LogP contribution in [0.2, 0.25) is 0 Å². The number of nitrogens with zero attached hydrogens (tertiary/aromatic N) is 2. The summed E-state index contributed by atoms with van der Waals surface area (Å²) in [5.41, 5.74) is 0. The average Bonchev–Trinajstić information content (AvgIpc) is 2.66. The maximum Gasteiger partial charge on any atom is 0.0702 e. The van der Waals surface area contributed by atoms with Gasteiger partial charge in [0.15, 0.2) is 0 Å². The Balaban J connectivity index is 2.33. The number of likely N-dealkylation sites (N-methyl/N-ethyl adjacent to an activating group) is 1. The summed E-state index contributed by atoms with van der Waals surface area (Å²) < 4.78 is 5.59. The van der Waals surface area contributed by atoms with Gasteiger partial charge < -0.3 is 4.74 Å². The van der Waals surface area contributed by atoms with E-state index in [9.17, 15) is 0 Å². The van der Waals surface area contributed by atoms with Gasteiger partial charge in [-0.3, -0.25) is 4.90 Å². The third-order valence-corrected chi connectivity index (χ3v) is 2.88. The van der Waals surface area contributed by atoms with Crippen LogP contribution in [-0.2, 0) is 4.74 Å². The van der Waals surface area contributed by atoms with Crippen molar-refractivity contribution in [3.05, 3.63) is 0 Å². The maximum atomic E-state index is 8.63. The molecular weight excluding hydrogens is 176 g/mol. The highest BCUT2D eigenvalue weighted by molar-refractivity contribution is 4.81. The molecule has 0 saturated carbocycles. The van der Waals surface area contributed by atoms with Crippen LogP contribution < -0.4 is 0 Å². The van der Waals surface area contributed by atoms with Crippen molar-refractivity contribution >= 4 is 0 Å². The van der Waals surface area contributed by atoms with E-state index in [4.69, 9.17) is 10.00 Å². The molecule has 0 aromatic rings. The summed E-state index contributed by atoms with van der Waals surface area (Å²) in [5.74, 6) is 0. The second-order valence-corrected chi connectivity index (χ2v) is 3.93. The highest BCUT2D eigenvalue weighted by Gasteiger charge is 2.21. The fourth-order valence-electron chi connectivity index (χ4n) is 1.93. The fourth-order valence-corrected chi connectivity index (χ4v) is 1.93. The number of hydrogen-bond donors (Lipinski definition) is 0. The van der Waals surface area contributed by atoms with Crippen LogP contribution in [0, 0.1) is 11.3 Å². The van der Waals surface area contributed by atoms with E-state index in [1.165, 1.54) is 12.8 Å². The summed E-state index contributed by atoms with van der Waals surface area (Å²) in [7, 11) is 0. The molecule has 0 amide bonds. The molecule has 1 heterocycles. The summed E-state index contributed by atoms with van der Waals surface area (Å²) in [4.78, 5) is 2.33. The van der Waals surface area contributed by atoms with Gasteiger partial charge in [-0.2, -0.15) is 5.26 Å². The molecule has 0 spiro atoms. The van der Waals surface area contributed by atoms with Crippen LogP contribution in [0.3, 0.4) is 0 Å². The van der Waals surface area contributed by atoms with Crippen LogP contribution in [0.25, 0.3) is 0 Å². The zero-order chi connectivity index (χ0) is 10.4. The summed E-state index contributed by atoms with van der Waals surface area (Å²) in [5, 5.41) is 8.63. The lowest BCUT2D eigenvalue weighted by molar-refractivity contribution is 0.0626. The molecule has 0 aromatic heterocycles. The molecule has 3 nitrogen and oxygen atoms in total. The minimum Gasteiger partial charge on any atom is -0.377 e. The predicted molar refractivity (Wildman–Crippen MR) is 55.9 cm³/mol. The van der Waals surface area contributed by atoms with E-state index < -0.39 is 0 Å². The Bertz CT molecular complexity index is 194. The van der Waals surface area contributed by atoms with Gasteiger partial charge >= 0.3 is 0 Å². The third-order valence-electron chi connectivity index (χ3n) is 2.88. The SMILES string of the molecule is CCN(CC1CCCO1)C(C)CC#N. The summed E-state index contributed by atoms with van der Waals surface area (Å²) in [6.07, 6.45) is 3.38. The molecule has 2 unspecified atom stereocenters. The molecular formula is C11H20N2O. The van der Waals surface area contributed by atoms with E-state index in [-0.39, 0.29) is 0 Å². The second-order valence-electron chi connectivity index (χ2n) is 3.93. The van der Waals surface area contributed by atoms with Crippen molar-refractivity contribution in [2.75, 3.05) is 19.7 Å². The van der Waals surface area contributed by atoms with Crippen molar-refractivity contribution < 1.29 is 4.74 Å². The van der Waals surface area contributed by atoms with Crippen LogP contribution in [0.15, 0.2) is 0 Å². The maximum absolute atomic E-state index is 8.63. The van der Waals surface area contributed by atoms with Crippen molar-refractivity contribution in [2.45, 2.75) is 45.3 Å². The van der Waals surface area contributed by atoms with Crippen molar-refractivity contribution in [3.8, 4) is 6.07 Å². The molecule has 0 N–H and O–H groups in total. The third kappa shape index (κ3) is 3.28. The summed E-state index contributed by atoms with van der Waals surface area (Å²) >= 11 is 0. The fraction of sp³-hybridized carbons (Fsp3) is 0.909. The first-order chi connectivity index (χ1) is 6.77. The summed E-state index contributed by atoms with van der Waals surface area (Å²) in [6.45, 7) is 7.15. The molecule has 1 aliphatic heterocycles. The second kappa shape index (κ2) is 6.00. The lowest BCUT2D eigenvalue weighted by Crippen LogP contribution is -2.38. The van der Waals surface area contributed by atoms with Crippen LogP contribution in [0.1, 0.15) is 33.1 Å². The van der Waals surface area contributed by atoms with Gasteiger partial charge in [0.1, 0.15) is 0 Å². The van der Waals surface area contributed by atoms with Gasteiger partial charge in [-0.05, 0) is 26.3 Å². The van der Waals surface area contributed by atoms with Crippen molar-refractivity contribution in [3.63, 3.8) is 0 Å². The van der Waals surface area contributed by atoms with E-state index in [0.717, 1.165) is 19.7 Å². The zero-order valence-electron chi connectivity index (χ0n) is 9.20. The van der Waals surface area contributed by atoms with E-state index in [0.29, 0.717) is 18.6 Å². The van der Waals surface area contributed by atoms with E-state index in [1.54, 1.807) is 0 Å². The molecule has 1 saturated heterocycles. The first-order valence-electron chi connectivity index (χ1n) is 5.50. The quantitative estimate of drug-likeness (QED) is 0.672. The van der Waals surface area contributed by atoms with Gasteiger partial charge in [0.05, 0.1) is 18.6 Å². The van der Waals surface area contributed by atoms with Crippen molar-refractivity contribution in [1.82, 2.24) is 4.90 Å². The minimum atomic E-state index is 0.356. The van der Waals surface area contributed by atoms with Crippen LogP contribution in [-0.4, -0.2) is 36.7 Å². The van der Waals surface area contributed by atoms with E-state index in [1.807, 2.05) is 0 Å². The number of ether oxygens (including phenoxy) is 1. The van der Waals surface area contributed by atoms with Crippen molar-refractivity contribution in [1.29, 1.82) is 5.26 Å². The monoisotopic (exact) mass is 196 g/mol. The van der Waals surface area contributed by atoms with E-state index in [2.05, 4.69) is 24.8 Å². The van der Waals surface area contributed by atoms with Gasteiger partial charge in [-0.1, -0.05) is 6.92 Å². The van der Waals surface area contributed by atoms with Gasteiger partial charge in [-0.25, -0.2) is 0 Å². The Morgan fingerprint density at radius 1 is 1.64 bits per heavy atom. The van der Waals surface area contributed by atoms with Crippen LogP contribution in [0.4, 0.5) is 0 Å². The van der Waals surface area contributed by atoms with Gasteiger partial charge in [0.25, 0.3) is 0 Å². The Morgan fingerprint density at radius 2 is 2.43 bits per heavy atom. The topological polar surface area (TPSA) is 36.3 Å². The van der Waals surface area contributed by atoms with Crippen LogP contribution >= 0.6 is 0 Å². The molecule has 0 bridgehead atoms. The molecule has 0 aromatic carbocycles. The van der Waals surface area contributed by atoms with Crippen molar-refractivity contribution in [2.24, 2.45) is 0 Å². The highest BCUT2D eigenvalue weighted by Crippen LogP contribution is 2.15. The normalized spacial score (nSPS) is 23.7. The average molecular weight is 196 g/mol. The Morgan fingerprint density at radius 3 is 2.93 bits per heavy atom. The lowest BCUT2D eigenvalue weighted by atomic mass is 10.1. The zero-order valence-corrected chi connectivity index (χ0v) is 9.20. The molecule has 0 aliphatic carbocycles. The highest BCUT2D eigenvalue weighted by atomic mass is 16.5. The lowest BCUT2D eigenvalue weighted by Gasteiger charge is -2.28. The van der Waals surface area contributed by atoms with Gasteiger partial charge in [0, 0.05) is 19.2 Å². The van der Waals surface area contributed by atoms with Crippen LogP contribution in [0.5, 0.6) is 0 Å². The largest absolute Gasteiger partial charge is 0.377 e. The number of nitriles is 1. The first-order valence-corrected chi connectivity index (χ1v) is 5.50.